The van der Waals surface area contributed by atoms with Crippen LogP contribution in [0.3, 0.4) is 0 Å². The van der Waals surface area contributed by atoms with Crippen molar-refractivity contribution < 1.29 is 13.5 Å². The van der Waals surface area contributed by atoms with E-state index in [9.17, 15) is 8.78 Å². The highest BCUT2D eigenvalue weighted by Gasteiger charge is 2.27. The molecular weight excluding hydrogens is 322 g/mol. The highest BCUT2D eigenvalue weighted by atomic mass is 35.5. The molecule has 5 nitrogen and oxygen atoms in total. The molecule has 2 aromatic rings. The molecule has 0 spiro atoms. The van der Waals surface area contributed by atoms with Crippen LogP contribution in [0.15, 0.2) is 42.6 Å². The Morgan fingerprint density at radius 2 is 1.90 bits per heavy atom. The summed E-state index contributed by atoms with van der Waals surface area (Å²) >= 11 is 8.53. The predicted molar refractivity (Wildman–Crippen MR) is 81.1 cm³/mol. The van der Waals surface area contributed by atoms with Crippen LogP contribution in [-0.2, 0) is 0 Å². The van der Waals surface area contributed by atoms with Gasteiger partial charge in [-0.05, 0) is 36.4 Å². The fraction of sp³-hybridized carbons (Fsp3) is 0.0833. The summed E-state index contributed by atoms with van der Waals surface area (Å²) in [6, 6.07) is 9.38. The smallest absolute Gasteiger partial charge is 0.420 e. The molecule has 0 unspecified atom stereocenters. The molecule has 0 aliphatic carbocycles. The molecular formula is C12H11ClF2N4OS. The number of benzene rings is 1. The van der Waals surface area contributed by atoms with E-state index in [0.717, 1.165) is 0 Å². The van der Waals surface area contributed by atoms with Crippen molar-refractivity contribution in [1.82, 2.24) is 9.82 Å². The second-order valence-corrected chi connectivity index (χ2v) is 4.50. The van der Waals surface area contributed by atoms with Crippen molar-refractivity contribution in [2.24, 2.45) is 0 Å². The molecule has 0 saturated carbocycles. The summed E-state index contributed by atoms with van der Waals surface area (Å²) in [6.45, 7) is 0. The van der Waals surface area contributed by atoms with Crippen LogP contribution >= 0.6 is 24.4 Å². The van der Waals surface area contributed by atoms with E-state index < -0.39 is 5.57 Å². The third-order valence-corrected chi connectivity index (χ3v) is 2.54. The number of ether oxygens (including phenoxy) is 1. The topological polar surface area (TPSA) is 58.2 Å². The highest BCUT2D eigenvalue weighted by molar-refractivity contribution is 7.78. The van der Waals surface area contributed by atoms with Gasteiger partial charge in [0.05, 0.1) is 5.69 Å². The lowest BCUT2D eigenvalue weighted by Gasteiger charge is -2.13. The fourth-order valence-corrected chi connectivity index (χ4v) is 1.75. The van der Waals surface area contributed by atoms with Gasteiger partial charge in [-0.15, -0.1) is 8.78 Å². The van der Waals surface area contributed by atoms with E-state index >= 15 is 0 Å². The van der Waals surface area contributed by atoms with Crippen molar-refractivity contribution in [3.05, 3.63) is 42.6 Å². The van der Waals surface area contributed by atoms with Crippen LogP contribution in [0.1, 0.15) is 0 Å². The summed E-state index contributed by atoms with van der Waals surface area (Å²) in [5.41, 5.74) is 0.363. The van der Waals surface area contributed by atoms with Gasteiger partial charge in [0.2, 0.25) is 0 Å². The van der Waals surface area contributed by atoms with E-state index in [0.29, 0.717) is 17.2 Å². The van der Waals surface area contributed by atoms with Gasteiger partial charge in [-0.2, -0.15) is 4.83 Å². The van der Waals surface area contributed by atoms with Crippen molar-refractivity contribution in [2.75, 3.05) is 10.7 Å². The quantitative estimate of drug-likeness (QED) is 0.369. The maximum absolute atomic E-state index is 12.5. The van der Waals surface area contributed by atoms with Crippen molar-refractivity contribution in [1.29, 1.82) is 0 Å². The maximum Gasteiger partial charge on any atom is 0.487 e. The summed E-state index contributed by atoms with van der Waals surface area (Å²) in [7, 11) is 0. The summed E-state index contributed by atoms with van der Waals surface area (Å²) in [6.07, 6.45) is 1.61. The summed E-state index contributed by atoms with van der Waals surface area (Å²) < 4.78 is 29.2. The minimum atomic E-state index is -3.73. The van der Waals surface area contributed by atoms with Gasteiger partial charge >= 0.3 is 5.57 Å². The second kappa shape index (κ2) is 6.79. The molecule has 9 heteroatoms. The molecule has 21 heavy (non-hydrogen) atoms. The number of rotatable bonds is 6. The van der Waals surface area contributed by atoms with Gasteiger partial charge in [0.15, 0.2) is 5.82 Å². The molecule has 112 valence electrons. The number of hydrogen-bond acceptors (Lipinski definition) is 6. The lowest BCUT2D eigenvalue weighted by atomic mass is 10.3. The molecule has 0 aliphatic rings. The number of hydrazine groups is 1. The van der Waals surface area contributed by atoms with Gasteiger partial charge in [0.1, 0.15) is 5.75 Å². The Kier molecular flexibility index (Phi) is 5.05. The largest absolute Gasteiger partial charge is 0.487 e. The van der Waals surface area contributed by atoms with Crippen LogP contribution in [0.4, 0.5) is 26.0 Å². The number of nitrogens with one attached hydrogen (secondary N) is 3. The van der Waals surface area contributed by atoms with Gasteiger partial charge in [0.25, 0.3) is 0 Å². The van der Waals surface area contributed by atoms with Crippen molar-refractivity contribution >= 4 is 41.6 Å². The molecule has 0 amide bonds. The Morgan fingerprint density at radius 3 is 2.52 bits per heavy atom. The number of thiol groups is 1. The van der Waals surface area contributed by atoms with Gasteiger partial charge in [-0.3, -0.25) is 0 Å². The zero-order valence-corrected chi connectivity index (χ0v) is 12.1. The minimum Gasteiger partial charge on any atom is -0.420 e. The van der Waals surface area contributed by atoms with Gasteiger partial charge in [0, 0.05) is 23.5 Å². The Balaban J connectivity index is 2.10. The second-order valence-electron chi connectivity index (χ2n) is 3.83. The van der Waals surface area contributed by atoms with Crippen molar-refractivity contribution in [3.63, 3.8) is 0 Å². The first-order valence-corrected chi connectivity index (χ1v) is 6.53. The zero-order valence-electron chi connectivity index (χ0n) is 10.5. The van der Waals surface area contributed by atoms with Gasteiger partial charge < -0.3 is 15.5 Å². The summed E-state index contributed by atoms with van der Waals surface area (Å²) in [5.74, 6) is 0.493. The fourth-order valence-electron chi connectivity index (χ4n) is 1.54. The van der Waals surface area contributed by atoms with E-state index in [2.05, 4.69) is 49.7 Å². The first-order chi connectivity index (χ1) is 9.98. The number of alkyl halides is 3. The lowest BCUT2D eigenvalue weighted by Crippen LogP contribution is -2.15. The third kappa shape index (κ3) is 4.92. The molecule has 1 aromatic heterocycles. The Labute approximate surface area is 130 Å². The third-order valence-electron chi connectivity index (χ3n) is 2.35. The summed E-state index contributed by atoms with van der Waals surface area (Å²) in [4.78, 5) is 6.65. The molecule has 1 heterocycles. The van der Waals surface area contributed by atoms with Crippen LogP contribution < -0.4 is 20.3 Å². The Morgan fingerprint density at radius 1 is 1.19 bits per heavy atom. The molecule has 0 fully saturated rings. The van der Waals surface area contributed by atoms with E-state index in [4.69, 9.17) is 0 Å². The predicted octanol–water partition coefficient (Wildman–Crippen LogP) is 3.75. The van der Waals surface area contributed by atoms with Crippen LogP contribution in [0, 0.1) is 0 Å². The molecule has 3 N–H and O–H groups in total. The average Bonchev–Trinajstić information content (AvgIpc) is 2.42. The number of nitrogens with zero attached hydrogens (tertiary/aromatic N) is 1. The van der Waals surface area contributed by atoms with E-state index in [1.807, 2.05) is 0 Å². The molecule has 0 aliphatic heterocycles. The maximum atomic E-state index is 12.5. The minimum absolute atomic E-state index is 0.0445. The lowest BCUT2D eigenvalue weighted by molar-refractivity contribution is -0.0964. The molecule has 2 rings (SSSR count). The number of anilines is 3. The molecule has 0 atom stereocenters. The number of hydrogen-bond donors (Lipinski definition) is 4. The van der Waals surface area contributed by atoms with E-state index in [1.54, 1.807) is 30.5 Å². The Bertz CT molecular complexity index is 595. The van der Waals surface area contributed by atoms with Crippen LogP contribution in [0.2, 0.25) is 0 Å². The first-order valence-electron chi connectivity index (χ1n) is 5.71. The SMILES string of the molecule is FC(F)(Cl)Oc1ccc(Nc2ncccc2NNS)cc1. The first kappa shape index (κ1) is 15.6. The summed E-state index contributed by atoms with van der Waals surface area (Å²) in [5, 5.41) is 3.02. The van der Waals surface area contributed by atoms with Crippen LogP contribution in [0.5, 0.6) is 5.75 Å². The van der Waals surface area contributed by atoms with Crippen molar-refractivity contribution in [2.45, 2.75) is 5.57 Å². The average molecular weight is 333 g/mol. The Hall–Kier alpha value is -1.77. The molecule has 0 radical (unpaired) electrons. The zero-order chi connectivity index (χ0) is 15.3. The van der Waals surface area contributed by atoms with Crippen LogP contribution in [0.25, 0.3) is 0 Å². The van der Waals surface area contributed by atoms with E-state index in [-0.39, 0.29) is 5.75 Å². The van der Waals surface area contributed by atoms with Crippen LogP contribution in [-0.4, -0.2) is 10.6 Å². The normalized spacial score (nSPS) is 11.0. The molecule has 1 aromatic carbocycles. The highest BCUT2D eigenvalue weighted by Crippen LogP contribution is 2.27. The monoisotopic (exact) mass is 332 g/mol. The van der Waals surface area contributed by atoms with Crippen molar-refractivity contribution in [3.8, 4) is 5.75 Å². The van der Waals surface area contributed by atoms with Gasteiger partial charge in [-0.1, -0.05) is 12.8 Å². The standard InChI is InChI=1S/C12H11ClF2N4OS/c13-12(14,15)20-9-5-3-8(4-6-9)17-11-10(18-19-21)2-1-7-16-11/h1-7,18-19,21H,(H,16,17). The number of pyridine rings is 1. The molecule has 0 bridgehead atoms. The van der Waals surface area contributed by atoms with Gasteiger partial charge in [-0.25, -0.2) is 4.98 Å². The van der Waals surface area contributed by atoms with E-state index in [1.165, 1.54) is 12.1 Å². The number of aromatic nitrogens is 1. The molecule has 0 saturated heterocycles. The number of halogens is 3.